The third-order valence-electron chi connectivity index (χ3n) is 3.49. The van der Waals surface area contributed by atoms with Crippen molar-refractivity contribution in [3.63, 3.8) is 0 Å². The van der Waals surface area contributed by atoms with E-state index in [1.807, 2.05) is 42.5 Å². The molecule has 0 aliphatic rings. The Bertz CT molecular complexity index is 959. The van der Waals surface area contributed by atoms with Crippen molar-refractivity contribution in [2.75, 3.05) is 0 Å². The molecule has 24 heavy (non-hydrogen) atoms. The molecule has 0 saturated carbocycles. The fourth-order valence-corrected chi connectivity index (χ4v) is 3.24. The molecule has 4 rings (SSSR count). The predicted molar refractivity (Wildman–Crippen MR) is 92.7 cm³/mol. The van der Waals surface area contributed by atoms with E-state index in [1.54, 1.807) is 18.3 Å². The van der Waals surface area contributed by atoms with Crippen LogP contribution in [0.2, 0.25) is 0 Å². The molecule has 0 unspecified atom stereocenters. The summed E-state index contributed by atoms with van der Waals surface area (Å²) in [6, 6.07) is 16.9. The number of para-hydroxylation sites is 1. The van der Waals surface area contributed by atoms with Gasteiger partial charge >= 0.3 is 0 Å². The lowest BCUT2D eigenvalue weighted by Crippen LogP contribution is -2.22. The van der Waals surface area contributed by atoms with Crippen LogP contribution in [0.15, 0.2) is 65.2 Å². The van der Waals surface area contributed by atoms with Crippen molar-refractivity contribution < 1.29 is 9.21 Å². The number of rotatable bonds is 4. The topological polar surface area (TPSA) is 68.0 Å². The summed E-state index contributed by atoms with van der Waals surface area (Å²) in [6.07, 6.45) is 1.69. The summed E-state index contributed by atoms with van der Waals surface area (Å²) < 4.78 is 6.75. The second kappa shape index (κ2) is 6.25. The molecule has 1 amide bonds. The van der Waals surface area contributed by atoms with Crippen LogP contribution < -0.4 is 5.32 Å². The van der Waals surface area contributed by atoms with Crippen molar-refractivity contribution in [2.24, 2.45) is 0 Å². The molecule has 0 radical (unpaired) electrons. The monoisotopic (exact) mass is 335 g/mol. The molecule has 1 aromatic carbocycles. The Morgan fingerprint density at radius 1 is 1.08 bits per heavy atom. The number of carbonyl (C=O) groups excluding carboxylic acids is 1. The number of hydrogen-bond donors (Lipinski definition) is 1. The molecule has 4 aromatic rings. The number of furan rings is 1. The summed E-state index contributed by atoms with van der Waals surface area (Å²) in [7, 11) is 0. The Labute approximate surface area is 142 Å². The zero-order chi connectivity index (χ0) is 16.4. The average Bonchev–Trinajstić information content (AvgIpc) is 3.27. The van der Waals surface area contributed by atoms with Crippen LogP contribution in [0.4, 0.5) is 0 Å². The smallest absolute Gasteiger partial charge is 0.287 e. The van der Waals surface area contributed by atoms with Gasteiger partial charge in [0.2, 0.25) is 0 Å². The summed E-state index contributed by atoms with van der Waals surface area (Å²) in [5.74, 6) is 0.590. The minimum absolute atomic E-state index is 0.264. The van der Waals surface area contributed by atoms with Gasteiger partial charge in [0.05, 0.1) is 22.5 Å². The van der Waals surface area contributed by atoms with Gasteiger partial charge in [-0.2, -0.15) is 0 Å². The number of pyridine rings is 1. The van der Waals surface area contributed by atoms with Crippen LogP contribution in [0.5, 0.6) is 0 Å². The second-order valence-corrected chi connectivity index (χ2v) is 6.19. The standard InChI is InChI=1S/C18H13N3O2S/c22-17(20-11-12-5-3-4-10-19-12)14-8-9-15(23-14)18-21-13-6-1-2-7-16(13)24-18/h1-10H,11H2,(H,20,22). The zero-order valence-electron chi connectivity index (χ0n) is 12.6. The SMILES string of the molecule is O=C(NCc1ccccn1)c1ccc(-c2nc3ccccc3s2)o1. The molecule has 5 nitrogen and oxygen atoms in total. The van der Waals surface area contributed by atoms with E-state index in [4.69, 9.17) is 4.42 Å². The van der Waals surface area contributed by atoms with Crippen molar-refractivity contribution in [1.29, 1.82) is 0 Å². The maximum Gasteiger partial charge on any atom is 0.287 e. The molecule has 3 aromatic heterocycles. The van der Waals surface area contributed by atoms with Crippen LogP contribution in [0.3, 0.4) is 0 Å². The number of aromatic nitrogens is 2. The number of fused-ring (bicyclic) bond motifs is 1. The fraction of sp³-hybridized carbons (Fsp3) is 0.0556. The van der Waals surface area contributed by atoms with Crippen LogP contribution in [0.1, 0.15) is 16.2 Å². The first-order chi connectivity index (χ1) is 11.8. The highest BCUT2D eigenvalue weighted by Crippen LogP contribution is 2.31. The number of thiazole rings is 1. The lowest BCUT2D eigenvalue weighted by atomic mass is 10.3. The number of hydrogen-bond acceptors (Lipinski definition) is 5. The maximum atomic E-state index is 12.2. The third-order valence-corrected chi connectivity index (χ3v) is 4.54. The average molecular weight is 335 g/mol. The number of benzene rings is 1. The van der Waals surface area contributed by atoms with Crippen LogP contribution >= 0.6 is 11.3 Å². The summed E-state index contributed by atoms with van der Waals surface area (Å²) in [5, 5.41) is 3.56. The molecular formula is C18H13N3O2S. The highest BCUT2D eigenvalue weighted by molar-refractivity contribution is 7.21. The van der Waals surface area contributed by atoms with Crippen LogP contribution in [-0.4, -0.2) is 15.9 Å². The van der Waals surface area contributed by atoms with Crippen molar-refractivity contribution in [2.45, 2.75) is 6.54 Å². The normalized spacial score (nSPS) is 10.8. The largest absolute Gasteiger partial charge is 0.448 e. The van der Waals surface area contributed by atoms with Gasteiger partial charge in [-0.15, -0.1) is 11.3 Å². The minimum Gasteiger partial charge on any atom is -0.448 e. The highest BCUT2D eigenvalue weighted by Gasteiger charge is 2.14. The summed E-state index contributed by atoms with van der Waals surface area (Å²) in [5.41, 5.74) is 1.72. The Balaban J connectivity index is 1.50. The molecule has 118 valence electrons. The van der Waals surface area contributed by atoms with Crippen LogP contribution in [0.25, 0.3) is 21.0 Å². The Morgan fingerprint density at radius 2 is 1.96 bits per heavy atom. The molecule has 0 spiro atoms. The Morgan fingerprint density at radius 3 is 2.79 bits per heavy atom. The number of nitrogens with zero attached hydrogens (tertiary/aromatic N) is 2. The molecule has 0 aliphatic heterocycles. The van der Waals surface area contributed by atoms with Gasteiger partial charge in [0.15, 0.2) is 16.5 Å². The van der Waals surface area contributed by atoms with Gasteiger partial charge in [-0.3, -0.25) is 9.78 Å². The van der Waals surface area contributed by atoms with E-state index in [-0.39, 0.29) is 11.7 Å². The molecule has 0 aliphatic carbocycles. The molecule has 0 atom stereocenters. The van der Waals surface area contributed by atoms with Crippen LogP contribution in [0, 0.1) is 0 Å². The predicted octanol–water partition coefficient (Wildman–Crippen LogP) is 3.88. The van der Waals surface area contributed by atoms with Crippen molar-refractivity contribution in [3.05, 3.63) is 72.2 Å². The second-order valence-electron chi connectivity index (χ2n) is 5.15. The summed E-state index contributed by atoms with van der Waals surface area (Å²) in [6.45, 7) is 0.358. The van der Waals surface area contributed by atoms with E-state index in [1.165, 1.54) is 11.3 Å². The molecule has 0 saturated heterocycles. The van der Waals surface area contributed by atoms with Gasteiger partial charge < -0.3 is 9.73 Å². The number of nitrogens with one attached hydrogen (secondary N) is 1. The van der Waals surface area contributed by atoms with E-state index < -0.39 is 0 Å². The van der Waals surface area contributed by atoms with Gasteiger partial charge in [-0.25, -0.2) is 4.98 Å². The molecule has 1 N–H and O–H groups in total. The third kappa shape index (κ3) is 2.91. The summed E-state index contributed by atoms with van der Waals surface area (Å²) in [4.78, 5) is 20.9. The van der Waals surface area contributed by atoms with Gasteiger partial charge in [-0.05, 0) is 36.4 Å². The van der Waals surface area contributed by atoms with E-state index in [9.17, 15) is 4.79 Å². The molecule has 6 heteroatoms. The minimum atomic E-state index is -0.270. The lowest BCUT2D eigenvalue weighted by molar-refractivity contribution is 0.0923. The highest BCUT2D eigenvalue weighted by atomic mass is 32.1. The van der Waals surface area contributed by atoms with Gasteiger partial charge in [0.1, 0.15) is 0 Å². The molecule has 3 heterocycles. The molecular weight excluding hydrogens is 322 g/mol. The Kier molecular flexibility index (Phi) is 3.80. The maximum absolute atomic E-state index is 12.2. The number of amides is 1. The van der Waals surface area contributed by atoms with Crippen molar-refractivity contribution in [1.82, 2.24) is 15.3 Å². The van der Waals surface area contributed by atoms with Gasteiger partial charge in [0, 0.05) is 6.20 Å². The van der Waals surface area contributed by atoms with Gasteiger partial charge in [-0.1, -0.05) is 18.2 Å². The fourth-order valence-electron chi connectivity index (χ4n) is 2.31. The quantitative estimate of drug-likeness (QED) is 0.614. The molecule has 0 fully saturated rings. The zero-order valence-corrected chi connectivity index (χ0v) is 13.4. The van der Waals surface area contributed by atoms with Gasteiger partial charge in [0.25, 0.3) is 5.91 Å². The number of carbonyl (C=O) groups is 1. The lowest BCUT2D eigenvalue weighted by Gasteiger charge is -2.02. The van der Waals surface area contributed by atoms with E-state index in [2.05, 4.69) is 15.3 Å². The van der Waals surface area contributed by atoms with E-state index in [0.29, 0.717) is 12.3 Å². The van der Waals surface area contributed by atoms with Crippen molar-refractivity contribution >= 4 is 27.5 Å². The van der Waals surface area contributed by atoms with Crippen LogP contribution in [-0.2, 0) is 6.54 Å². The van der Waals surface area contributed by atoms with Crippen molar-refractivity contribution in [3.8, 4) is 10.8 Å². The van der Waals surface area contributed by atoms with E-state index in [0.717, 1.165) is 20.9 Å². The first-order valence-electron chi connectivity index (χ1n) is 7.43. The molecule has 0 bridgehead atoms. The first kappa shape index (κ1) is 14.6. The summed E-state index contributed by atoms with van der Waals surface area (Å²) >= 11 is 1.54. The Hall–Kier alpha value is -2.99. The van der Waals surface area contributed by atoms with E-state index >= 15 is 0 Å². The first-order valence-corrected chi connectivity index (χ1v) is 8.25.